The fourth-order valence-electron chi connectivity index (χ4n) is 3.10. The van der Waals surface area contributed by atoms with Gasteiger partial charge < -0.3 is 0 Å². The lowest BCUT2D eigenvalue weighted by Crippen LogP contribution is -2.23. The first-order chi connectivity index (χ1) is 13.6. The third-order valence-corrected chi connectivity index (χ3v) is 4.43. The Morgan fingerprint density at radius 2 is 1.93 bits per heavy atom. The Morgan fingerprint density at radius 1 is 1.07 bits per heavy atom. The number of benzene rings is 2. The Morgan fingerprint density at radius 3 is 2.71 bits per heavy atom. The van der Waals surface area contributed by atoms with Crippen LogP contribution < -0.4 is 11.0 Å². The van der Waals surface area contributed by atoms with Gasteiger partial charge in [0, 0.05) is 18.0 Å². The molecular weight excluding hydrogens is 350 g/mol. The van der Waals surface area contributed by atoms with Gasteiger partial charge in [-0.15, -0.1) is 0 Å². The number of anilines is 1. The number of aromatic nitrogens is 3. The number of rotatable bonds is 4. The predicted molar refractivity (Wildman–Crippen MR) is 112 cm³/mol. The van der Waals surface area contributed by atoms with E-state index in [2.05, 4.69) is 20.5 Å². The minimum absolute atomic E-state index is 0.142. The molecule has 0 unspecified atom stereocenters. The number of hydrogen-bond acceptors (Lipinski definition) is 5. The smallest absolute Gasteiger partial charge is 0.267 e. The van der Waals surface area contributed by atoms with Crippen LogP contribution in [0.1, 0.15) is 16.7 Å². The monoisotopic (exact) mass is 369 g/mol. The number of hydrogen-bond donors (Lipinski definition) is 1. The van der Waals surface area contributed by atoms with E-state index >= 15 is 0 Å². The van der Waals surface area contributed by atoms with E-state index in [4.69, 9.17) is 0 Å². The summed E-state index contributed by atoms with van der Waals surface area (Å²) in [6.45, 7) is 4.00. The number of nitrogens with one attached hydrogen (secondary N) is 1. The topological polar surface area (TPSA) is 72.2 Å². The van der Waals surface area contributed by atoms with Gasteiger partial charge in [0.05, 0.1) is 22.8 Å². The van der Waals surface area contributed by atoms with Gasteiger partial charge in [0.25, 0.3) is 5.56 Å². The van der Waals surface area contributed by atoms with E-state index in [1.165, 1.54) is 0 Å². The van der Waals surface area contributed by atoms with Gasteiger partial charge in [0.2, 0.25) is 5.95 Å². The molecule has 0 aliphatic rings. The third-order valence-electron chi connectivity index (χ3n) is 4.43. The molecule has 0 saturated heterocycles. The molecule has 0 radical (unpaired) electrons. The van der Waals surface area contributed by atoms with Crippen molar-refractivity contribution in [3.8, 4) is 5.69 Å². The highest BCUT2D eigenvalue weighted by molar-refractivity contribution is 5.81. The highest BCUT2D eigenvalue weighted by Gasteiger charge is 2.14. The summed E-state index contributed by atoms with van der Waals surface area (Å²) in [7, 11) is 0. The fourth-order valence-corrected chi connectivity index (χ4v) is 3.10. The van der Waals surface area contributed by atoms with Crippen molar-refractivity contribution in [2.75, 3.05) is 5.43 Å². The van der Waals surface area contributed by atoms with Gasteiger partial charge in [-0.25, -0.2) is 15.0 Å². The Hall–Kier alpha value is -3.80. The molecule has 0 bridgehead atoms. The van der Waals surface area contributed by atoms with E-state index in [-0.39, 0.29) is 5.56 Å². The van der Waals surface area contributed by atoms with Crippen LogP contribution in [0.3, 0.4) is 0 Å². The van der Waals surface area contributed by atoms with Crippen LogP contribution in [0, 0.1) is 13.8 Å². The van der Waals surface area contributed by atoms with E-state index in [0.29, 0.717) is 16.9 Å². The molecule has 0 aliphatic heterocycles. The first-order valence-corrected chi connectivity index (χ1v) is 8.92. The van der Waals surface area contributed by atoms with Crippen LogP contribution in [0.2, 0.25) is 0 Å². The molecule has 6 heteroatoms. The fraction of sp³-hybridized carbons (Fsp3) is 0.0909. The summed E-state index contributed by atoms with van der Waals surface area (Å²) in [6.07, 6.45) is 5.05. The molecule has 0 spiro atoms. The molecule has 2 aromatic carbocycles. The van der Waals surface area contributed by atoms with Gasteiger partial charge in [0.1, 0.15) is 0 Å². The molecule has 6 nitrogen and oxygen atoms in total. The Bertz CT molecular complexity index is 1230. The van der Waals surface area contributed by atoms with Crippen LogP contribution >= 0.6 is 0 Å². The van der Waals surface area contributed by atoms with Crippen molar-refractivity contribution in [3.63, 3.8) is 0 Å². The summed E-state index contributed by atoms with van der Waals surface area (Å²) < 4.78 is 1.57. The summed E-state index contributed by atoms with van der Waals surface area (Å²) in [6, 6.07) is 17.0. The average molecular weight is 369 g/mol. The molecule has 28 heavy (non-hydrogen) atoms. The van der Waals surface area contributed by atoms with Crippen LogP contribution in [-0.2, 0) is 0 Å². The molecule has 0 aliphatic carbocycles. The van der Waals surface area contributed by atoms with Crippen molar-refractivity contribution in [1.29, 1.82) is 0 Å². The van der Waals surface area contributed by atoms with Crippen molar-refractivity contribution in [2.24, 2.45) is 5.10 Å². The lowest BCUT2D eigenvalue weighted by atomic mass is 10.1. The van der Waals surface area contributed by atoms with Crippen molar-refractivity contribution in [2.45, 2.75) is 13.8 Å². The Kier molecular flexibility index (Phi) is 4.68. The highest BCUT2D eigenvalue weighted by Crippen LogP contribution is 2.20. The summed E-state index contributed by atoms with van der Waals surface area (Å²) in [4.78, 5) is 21.9. The number of para-hydroxylation sites is 1. The maximum absolute atomic E-state index is 13.2. The predicted octanol–water partition coefficient (Wildman–Crippen LogP) is 3.84. The normalized spacial score (nSPS) is 11.2. The van der Waals surface area contributed by atoms with E-state index in [0.717, 1.165) is 22.4 Å². The Balaban J connectivity index is 1.86. The molecule has 138 valence electrons. The Labute approximate surface area is 162 Å². The highest BCUT2D eigenvalue weighted by atomic mass is 16.1. The van der Waals surface area contributed by atoms with Gasteiger partial charge in [0.15, 0.2) is 0 Å². The quantitative estimate of drug-likeness (QED) is 0.438. The van der Waals surface area contributed by atoms with E-state index in [1.807, 2.05) is 62.4 Å². The largest absolute Gasteiger partial charge is 0.268 e. The van der Waals surface area contributed by atoms with Crippen molar-refractivity contribution >= 4 is 23.1 Å². The molecule has 1 N–H and O–H groups in total. The second-order valence-corrected chi connectivity index (χ2v) is 6.54. The summed E-state index contributed by atoms with van der Waals surface area (Å²) >= 11 is 0. The van der Waals surface area contributed by atoms with Crippen LogP contribution in [0.15, 0.2) is 76.9 Å². The number of aryl methyl sites for hydroxylation is 2. The van der Waals surface area contributed by atoms with Crippen molar-refractivity contribution in [3.05, 3.63) is 94.0 Å². The van der Waals surface area contributed by atoms with Crippen molar-refractivity contribution in [1.82, 2.24) is 14.5 Å². The first kappa shape index (κ1) is 17.6. The zero-order valence-corrected chi connectivity index (χ0v) is 15.6. The minimum Gasteiger partial charge on any atom is -0.268 e. The second kappa shape index (κ2) is 7.44. The second-order valence-electron chi connectivity index (χ2n) is 6.54. The first-order valence-electron chi connectivity index (χ1n) is 8.92. The molecule has 4 aromatic rings. The average Bonchev–Trinajstić information content (AvgIpc) is 2.70. The maximum atomic E-state index is 13.2. The van der Waals surface area contributed by atoms with Crippen LogP contribution in [0.5, 0.6) is 0 Å². The van der Waals surface area contributed by atoms with E-state index < -0.39 is 0 Å². The molecule has 0 saturated carbocycles. The molecule has 0 amide bonds. The zero-order chi connectivity index (χ0) is 19.5. The van der Waals surface area contributed by atoms with Gasteiger partial charge in [-0.2, -0.15) is 5.10 Å². The number of hydrazone groups is 1. The summed E-state index contributed by atoms with van der Waals surface area (Å²) in [5.74, 6) is 0.357. The van der Waals surface area contributed by atoms with Gasteiger partial charge in [-0.05, 0) is 43.7 Å². The number of pyridine rings is 1. The third kappa shape index (κ3) is 3.40. The number of nitrogens with zero attached hydrogens (tertiary/aromatic N) is 4. The summed E-state index contributed by atoms with van der Waals surface area (Å²) in [5, 5.41) is 4.82. The van der Waals surface area contributed by atoms with E-state index in [9.17, 15) is 4.79 Å². The van der Waals surface area contributed by atoms with Crippen LogP contribution in [0.4, 0.5) is 5.95 Å². The lowest BCUT2D eigenvalue weighted by Gasteiger charge is -2.15. The molecule has 2 aromatic heterocycles. The van der Waals surface area contributed by atoms with Gasteiger partial charge in [-0.1, -0.05) is 35.9 Å². The molecule has 0 atom stereocenters. The molecule has 2 heterocycles. The van der Waals surface area contributed by atoms with Crippen LogP contribution in [0.25, 0.3) is 16.6 Å². The van der Waals surface area contributed by atoms with E-state index in [1.54, 1.807) is 29.2 Å². The lowest BCUT2D eigenvalue weighted by molar-refractivity contribution is 0.946. The van der Waals surface area contributed by atoms with Crippen molar-refractivity contribution < 1.29 is 0 Å². The van der Waals surface area contributed by atoms with Crippen LogP contribution in [-0.4, -0.2) is 20.7 Å². The molecular formula is C22H19N5O. The SMILES string of the molecule is Cc1ccc(-n2c(N/N=C\c3cccnc3)nc3ccccc3c2=O)c(C)c1. The minimum atomic E-state index is -0.142. The number of fused-ring (bicyclic) bond motifs is 1. The standard InChI is InChI=1S/C22H19N5O/c1-15-9-10-20(16(2)12-15)27-21(28)18-7-3-4-8-19(18)25-22(27)26-24-14-17-6-5-11-23-13-17/h3-14H,1-2H3,(H,25,26)/b24-14-. The maximum Gasteiger partial charge on any atom is 0.267 e. The molecule has 4 rings (SSSR count). The van der Waals surface area contributed by atoms with Gasteiger partial charge >= 0.3 is 0 Å². The molecule has 0 fully saturated rings. The summed E-state index contributed by atoms with van der Waals surface area (Å²) in [5.41, 5.74) is 7.14. The van der Waals surface area contributed by atoms with Gasteiger partial charge in [-0.3, -0.25) is 9.78 Å². The zero-order valence-electron chi connectivity index (χ0n) is 15.6.